The highest BCUT2D eigenvalue weighted by atomic mass is 32.2. The van der Waals surface area contributed by atoms with Crippen LogP contribution in [0, 0.1) is 5.41 Å². The maximum atomic E-state index is 13.4. The minimum Gasteiger partial charge on any atom is -0.438 e. The second-order valence-electron chi connectivity index (χ2n) is 9.96. The monoisotopic (exact) mass is 525 g/mol. The number of fused-ring (bicyclic) bond motifs is 1. The van der Waals surface area contributed by atoms with Crippen molar-refractivity contribution in [3.05, 3.63) is 82.6 Å². The summed E-state index contributed by atoms with van der Waals surface area (Å²) in [7, 11) is -3.11. The Kier molecular flexibility index (Phi) is 6.68. The van der Waals surface area contributed by atoms with E-state index in [2.05, 4.69) is 0 Å². The van der Waals surface area contributed by atoms with E-state index >= 15 is 0 Å². The molecular weight excluding hydrogens is 498 g/mol. The van der Waals surface area contributed by atoms with Gasteiger partial charge in [-0.25, -0.2) is 13.2 Å². The lowest BCUT2D eigenvalue weighted by Crippen LogP contribution is -2.72. The third kappa shape index (κ3) is 4.40. The van der Waals surface area contributed by atoms with Crippen LogP contribution in [0.25, 0.3) is 0 Å². The summed E-state index contributed by atoms with van der Waals surface area (Å²) in [6.07, 6.45) is -1.31. The SMILES string of the molecule is CO[C@H]1C(=O)N2C(C(=O)C(C)(C)C)=C(C)C(OC(=O)c3ccc(C(=O)c4ccccc4)cc3)S(=O)(=O)[C@@H]12. The number of ether oxygens (including phenoxy) is 2. The number of hydrogen-bond acceptors (Lipinski definition) is 8. The van der Waals surface area contributed by atoms with Gasteiger partial charge in [-0.3, -0.25) is 19.3 Å². The summed E-state index contributed by atoms with van der Waals surface area (Å²) >= 11 is 0. The van der Waals surface area contributed by atoms with Gasteiger partial charge < -0.3 is 9.47 Å². The van der Waals surface area contributed by atoms with Gasteiger partial charge in [0.1, 0.15) is 0 Å². The Morgan fingerprint density at radius 3 is 1.97 bits per heavy atom. The number of carbonyl (C=O) groups excluding carboxylic acids is 4. The van der Waals surface area contributed by atoms with Crippen LogP contribution in [0.2, 0.25) is 0 Å². The molecule has 0 radical (unpaired) electrons. The van der Waals surface area contributed by atoms with Gasteiger partial charge in [-0.2, -0.15) is 0 Å². The second kappa shape index (κ2) is 9.35. The molecule has 0 spiro atoms. The lowest BCUT2D eigenvalue weighted by Gasteiger charge is -2.50. The molecule has 2 aliphatic heterocycles. The Morgan fingerprint density at radius 2 is 1.43 bits per heavy atom. The largest absolute Gasteiger partial charge is 0.438 e. The summed E-state index contributed by atoms with van der Waals surface area (Å²) in [4.78, 5) is 52.5. The van der Waals surface area contributed by atoms with Crippen LogP contribution < -0.4 is 0 Å². The summed E-state index contributed by atoms with van der Waals surface area (Å²) in [6.45, 7) is 6.29. The summed E-state index contributed by atoms with van der Waals surface area (Å²) in [5.41, 5.74) is -2.04. The van der Waals surface area contributed by atoms with E-state index in [0.29, 0.717) is 11.1 Å². The summed E-state index contributed by atoms with van der Waals surface area (Å²) in [6, 6.07) is 14.2. The van der Waals surface area contributed by atoms with Gasteiger partial charge in [0.2, 0.25) is 15.3 Å². The van der Waals surface area contributed by atoms with Crippen LogP contribution in [0.5, 0.6) is 0 Å². The molecule has 2 aromatic rings. The van der Waals surface area contributed by atoms with E-state index in [0.717, 1.165) is 4.90 Å². The van der Waals surface area contributed by atoms with Gasteiger partial charge in [0.25, 0.3) is 5.91 Å². The van der Waals surface area contributed by atoms with Crippen molar-refractivity contribution in [2.75, 3.05) is 7.11 Å². The van der Waals surface area contributed by atoms with Gasteiger partial charge in [-0.15, -0.1) is 0 Å². The Bertz CT molecular complexity index is 1420. The van der Waals surface area contributed by atoms with Gasteiger partial charge in [0, 0.05) is 29.2 Å². The molecule has 0 aliphatic carbocycles. The normalized spacial score (nSPS) is 22.7. The molecule has 2 heterocycles. The zero-order valence-electron chi connectivity index (χ0n) is 21.0. The quantitative estimate of drug-likeness (QED) is 0.320. The van der Waals surface area contributed by atoms with Crippen LogP contribution in [0.4, 0.5) is 0 Å². The number of sulfone groups is 1. The summed E-state index contributed by atoms with van der Waals surface area (Å²) < 4.78 is 37.4. The lowest BCUT2D eigenvalue weighted by molar-refractivity contribution is -0.161. The molecule has 37 heavy (non-hydrogen) atoms. The molecule has 3 atom stereocenters. The van der Waals surface area contributed by atoms with Crippen molar-refractivity contribution < 1.29 is 37.1 Å². The second-order valence-corrected chi connectivity index (χ2v) is 12.1. The van der Waals surface area contributed by atoms with E-state index < -0.39 is 49.8 Å². The first-order chi connectivity index (χ1) is 17.3. The average molecular weight is 526 g/mol. The van der Waals surface area contributed by atoms with Crippen molar-refractivity contribution in [2.24, 2.45) is 5.41 Å². The van der Waals surface area contributed by atoms with E-state index in [1.165, 1.54) is 38.3 Å². The molecule has 9 nitrogen and oxygen atoms in total. The Hall–Kier alpha value is -3.63. The number of carbonyl (C=O) groups is 4. The fraction of sp³-hybridized carbons (Fsp3) is 0.333. The lowest BCUT2D eigenvalue weighted by atomic mass is 9.85. The number of benzene rings is 2. The molecule has 1 amide bonds. The molecule has 4 rings (SSSR count). The highest BCUT2D eigenvalue weighted by Crippen LogP contribution is 2.43. The molecular formula is C27H27NO8S. The average Bonchev–Trinajstić information content (AvgIpc) is 2.86. The fourth-order valence-corrected chi connectivity index (χ4v) is 6.52. The number of ketones is 2. The molecule has 2 aliphatic rings. The van der Waals surface area contributed by atoms with Crippen LogP contribution in [0.1, 0.15) is 54.0 Å². The fourth-order valence-electron chi connectivity index (χ4n) is 4.36. The number of esters is 1. The number of β-lactam (4-membered cyclic amide) rings is 1. The standard InChI is InChI=1S/C27H27NO8S/c1-15-19(22(30)27(2,3)4)28-23(31)21(35-5)24(28)37(33,34)26(15)36-25(32)18-13-11-17(12-14-18)20(29)16-9-7-6-8-10-16/h6-14,21,24,26H,1-5H3/t21-,24-,26?/m0/s1. The van der Waals surface area contributed by atoms with Gasteiger partial charge in [0.15, 0.2) is 23.0 Å². The Labute approximate surface area is 215 Å². The zero-order chi connectivity index (χ0) is 27.3. The van der Waals surface area contributed by atoms with Crippen molar-refractivity contribution in [3.8, 4) is 0 Å². The van der Waals surface area contributed by atoms with Gasteiger partial charge >= 0.3 is 5.97 Å². The van der Waals surface area contributed by atoms with E-state index in [1.807, 2.05) is 0 Å². The number of allylic oxidation sites excluding steroid dienone is 1. The third-order valence-corrected chi connectivity index (χ3v) is 8.56. The number of Topliss-reactive ketones (excluding diaryl/α,β-unsaturated/α-hetero) is 1. The van der Waals surface area contributed by atoms with Crippen LogP contribution in [-0.2, 0) is 28.9 Å². The van der Waals surface area contributed by atoms with Crippen LogP contribution >= 0.6 is 0 Å². The van der Waals surface area contributed by atoms with Crippen molar-refractivity contribution in [2.45, 2.75) is 44.6 Å². The van der Waals surface area contributed by atoms with Crippen molar-refractivity contribution in [1.82, 2.24) is 4.90 Å². The van der Waals surface area contributed by atoms with Crippen molar-refractivity contribution >= 4 is 33.3 Å². The van der Waals surface area contributed by atoms with Gasteiger partial charge in [-0.1, -0.05) is 63.2 Å². The number of rotatable bonds is 6. The third-order valence-electron chi connectivity index (χ3n) is 6.38. The highest BCUT2D eigenvalue weighted by Gasteiger charge is 2.64. The van der Waals surface area contributed by atoms with Crippen LogP contribution in [0.3, 0.4) is 0 Å². The van der Waals surface area contributed by atoms with E-state index in [9.17, 15) is 27.6 Å². The first-order valence-corrected chi connectivity index (χ1v) is 13.2. The van der Waals surface area contributed by atoms with Gasteiger partial charge in [0.05, 0.1) is 11.3 Å². The molecule has 194 valence electrons. The number of nitrogens with zero attached hydrogens (tertiary/aromatic N) is 1. The van der Waals surface area contributed by atoms with E-state index in [1.54, 1.807) is 51.1 Å². The molecule has 0 bridgehead atoms. The number of amides is 1. The first-order valence-electron chi connectivity index (χ1n) is 11.6. The molecule has 1 fully saturated rings. The molecule has 1 unspecified atom stereocenters. The number of hydrogen-bond donors (Lipinski definition) is 0. The van der Waals surface area contributed by atoms with E-state index in [4.69, 9.17) is 9.47 Å². The van der Waals surface area contributed by atoms with Crippen molar-refractivity contribution in [3.63, 3.8) is 0 Å². The molecule has 0 saturated carbocycles. The molecule has 1 saturated heterocycles. The van der Waals surface area contributed by atoms with E-state index in [-0.39, 0.29) is 22.6 Å². The number of methoxy groups -OCH3 is 1. The smallest absolute Gasteiger partial charge is 0.339 e. The predicted molar refractivity (Wildman–Crippen MR) is 133 cm³/mol. The summed E-state index contributed by atoms with van der Waals surface area (Å²) in [5, 5.41) is -1.49. The van der Waals surface area contributed by atoms with Crippen LogP contribution in [-0.4, -0.2) is 60.8 Å². The highest BCUT2D eigenvalue weighted by molar-refractivity contribution is 7.93. The first kappa shape index (κ1) is 26.4. The van der Waals surface area contributed by atoms with Gasteiger partial charge in [-0.05, 0) is 19.1 Å². The minimum atomic E-state index is -4.31. The summed E-state index contributed by atoms with van der Waals surface area (Å²) in [5.74, 6) is -2.30. The van der Waals surface area contributed by atoms with Crippen molar-refractivity contribution in [1.29, 1.82) is 0 Å². The Morgan fingerprint density at radius 1 is 0.892 bits per heavy atom. The Balaban J connectivity index is 1.67. The molecule has 10 heteroatoms. The molecule has 0 N–H and O–H groups in total. The predicted octanol–water partition coefficient (Wildman–Crippen LogP) is 2.90. The zero-order valence-corrected chi connectivity index (χ0v) is 21.9. The minimum absolute atomic E-state index is 0.0201. The topological polar surface area (TPSA) is 124 Å². The molecule has 2 aromatic carbocycles. The molecule has 0 aromatic heterocycles. The maximum absolute atomic E-state index is 13.4. The van der Waals surface area contributed by atoms with Crippen LogP contribution in [0.15, 0.2) is 65.9 Å². The maximum Gasteiger partial charge on any atom is 0.339 e.